The summed E-state index contributed by atoms with van der Waals surface area (Å²) in [5.74, 6) is 1.16. The lowest BCUT2D eigenvalue weighted by molar-refractivity contribution is 0.300. The Morgan fingerprint density at radius 2 is 2.08 bits per heavy atom. The number of nitrogens with zero attached hydrogens (tertiary/aromatic N) is 1. The Morgan fingerprint density at radius 3 is 2.85 bits per heavy atom. The normalized spacial score (nSPS) is 17.0. The zero-order chi connectivity index (χ0) is 9.10. The summed E-state index contributed by atoms with van der Waals surface area (Å²) in [6, 6.07) is 8.79. The Morgan fingerprint density at radius 1 is 1.31 bits per heavy atom. The Kier molecular flexibility index (Phi) is 2.91. The lowest BCUT2D eigenvalue weighted by Crippen LogP contribution is -2.29. The van der Waals surface area contributed by atoms with E-state index in [0.717, 1.165) is 12.4 Å². The van der Waals surface area contributed by atoms with Crippen molar-refractivity contribution in [2.75, 3.05) is 18.7 Å². The molecule has 0 radical (unpaired) electrons. The van der Waals surface area contributed by atoms with E-state index in [4.69, 9.17) is 0 Å². The molecule has 0 saturated heterocycles. The fraction of sp³-hybridized carbons (Fsp3) is 0.455. The van der Waals surface area contributed by atoms with E-state index in [-0.39, 0.29) is 0 Å². The Bertz CT molecular complexity index is 285. The molecule has 1 heterocycles. The molecular weight excluding hydrogens is 178 g/mol. The Hall–Kier alpha value is -0.470. The molecule has 0 aromatic heterocycles. The van der Waals surface area contributed by atoms with Gasteiger partial charge in [-0.05, 0) is 23.8 Å². The van der Waals surface area contributed by atoms with Crippen LogP contribution in [0.15, 0.2) is 24.3 Å². The van der Waals surface area contributed by atoms with Crippen LogP contribution in [0.1, 0.15) is 11.1 Å². The van der Waals surface area contributed by atoms with Gasteiger partial charge in [-0.25, -0.2) is 0 Å². The first-order chi connectivity index (χ1) is 6.40. The minimum Gasteiger partial charge on any atom is -0.290 e. The van der Waals surface area contributed by atoms with Gasteiger partial charge in [-0.1, -0.05) is 24.3 Å². The van der Waals surface area contributed by atoms with Crippen LogP contribution in [0.2, 0.25) is 0 Å². The van der Waals surface area contributed by atoms with E-state index in [1.54, 1.807) is 5.56 Å². The molecule has 1 aliphatic rings. The molecule has 0 atom stereocenters. The second-order valence-electron chi connectivity index (χ2n) is 3.49. The highest BCUT2D eigenvalue weighted by Crippen LogP contribution is 2.19. The van der Waals surface area contributed by atoms with Gasteiger partial charge in [0, 0.05) is 19.0 Å². The molecule has 0 bridgehead atoms. The standard InChI is InChI=1S/C11H15NS/c1-13-9-12-7-6-10-4-2-3-5-11(10)8-12/h2-5H,6-9H2,1H3. The van der Waals surface area contributed by atoms with E-state index in [9.17, 15) is 0 Å². The maximum Gasteiger partial charge on any atom is 0.0445 e. The lowest BCUT2D eigenvalue weighted by Gasteiger charge is -2.27. The van der Waals surface area contributed by atoms with Gasteiger partial charge in [0.15, 0.2) is 0 Å². The number of hydrogen-bond donors (Lipinski definition) is 0. The minimum absolute atomic E-state index is 1.14. The summed E-state index contributed by atoms with van der Waals surface area (Å²) in [7, 11) is 0. The van der Waals surface area contributed by atoms with Gasteiger partial charge in [0.05, 0.1) is 0 Å². The first-order valence-corrected chi connectivity index (χ1v) is 6.07. The van der Waals surface area contributed by atoms with E-state index >= 15 is 0 Å². The van der Waals surface area contributed by atoms with Crippen LogP contribution in [0.3, 0.4) is 0 Å². The van der Waals surface area contributed by atoms with Crippen LogP contribution in [-0.2, 0) is 13.0 Å². The summed E-state index contributed by atoms with van der Waals surface area (Å²) >= 11 is 1.91. The molecular formula is C11H15NS. The summed E-state index contributed by atoms with van der Waals surface area (Å²) in [6.07, 6.45) is 3.39. The van der Waals surface area contributed by atoms with Gasteiger partial charge in [-0.3, -0.25) is 4.90 Å². The van der Waals surface area contributed by atoms with Crippen molar-refractivity contribution in [3.8, 4) is 0 Å². The molecule has 70 valence electrons. The predicted molar refractivity (Wildman–Crippen MR) is 58.9 cm³/mol. The van der Waals surface area contributed by atoms with Gasteiger partial charge in [0.1, 0.15) is 0 Å². The average molecular weight is 193 g/mol. The Labute approximate surface area is 84.1 Å². The molecule has 0 N–H and O–H groups in total. The molecule has 0 amide bonds. The maximum atomic E-state index is 2.51. The highest BCUT2D eigenvalue weighted by molar-refractivity contribution is 7.98. The molecule has 1 nitrogen and oxygen atoms in total. The lowest BCUT2D eigenvalue weighted by atomic mass is 10.0. The van der Waals surface area contributed by atoms with Crippen LogP contribution in [0.5, 0.6) is 0 Å². The van der Waals surface area contributed by atoms with E-state index < -0.39 is 0 Å². The highest BCUT2D eigenvalue weighted by atomic mass is 32.2. The minimum atomic E-state index is 1.14. The van der Waals surface area contributed by atoms with Crippen molar-refractivity contribution >= 4 is 11.8 Å². The smallest absolute Gasteiger partial charge is 0.0445 e. The number of hydrogen-bond acceptors (Lipinski definition) is 2. The molecule has 0 saturated carbocycles. The van der Waals surface area contributed by atoms with Crippen molar-refractivity contribution in [2.24, 2.45) is 0 Å². The number of benzene rings is 1. The summed E-state index contributed by atoms with van der Waals surface area (Å²) in [5, 5.41) is 0. The van der Waals surface area contributed by atoms with E-state index in [1.165, 1.54) is 18.5 Å². The molecule has 13 heavy (non-hydrogen) atoms. The molecule has 2 heteroatoms. The van der Waals surface area contributed by atoms with Crippen molar-refractivity contribution in [3.63, 3.8) is 0 Å². The van der Waals surface area contributed by atoms with Gasteiger partial charge in [-0.15, -0.1) is 11.8 Å². The van der Waals surface area contributed by atoms with Crippen molar-refractivity contribution in [3.05, 3.63) is 35.4 Å². The largest absolute Gasteiger partial charge is 0.290 e. The third-order valence-electron chi connectivity index (χ3n) is 2.52. The topological polar surface area (TPSA) is 3.24 Å². The van der Waals surface area contributed by atoms with E-state index in [0.29, 0.717) is 0 Å². The van der Waals surface area contributed by atoms with Crippen molar-refractivity contribution in [1.29, 1.82) is 0 Å². The van der Waals surface area contributed by atoms with Crippen LogP contribution >= 0.6 is 11.8 Å². The third kappa shape index (κ3) is 2.06. The third-order valence-corrected chi connectivity index (χ3v) is 3.14. The average Bonchev–Trinajstić information content (AvgIpc) is 2.18. The summed E-state index contributed by atoms with van der Waals surface area (Å²) in [5.41, 5.74) is 3.06. The number of thioether (sulfide) groups is 1. The second kappa shape index (κ2) is 4.16. The molecule has 0 unspecified atom stereocenters. The van der Waals surface area contributed by atoms with Crippen molar-refractivity contribution < 1.29 is 0 Å². The quantitative estimate of drug-likeness (QED) is 0.709. The predicted octanol–water partition coefficient (Wildman–Crippen LogP) is 2.37. The zero-order valence-electron chi connectivity index (χ0n) is 7.99. The van der Waals surface area contributed by atoms with E-state index in [1.807, 2.05) is 11.8 Å². The molecule has 1 aromatic carbocycles. The summed E-state index contributed by atoms with van der Waals surface area (Å²) in [6.45, 7) is 2.36. The van der Waals surface area contributed by atoms with Crippen LogP contribution in [0.4, 0.5) is 0 Å². The summed E-state index contributed by atoms with van der Waals surface area (Å²) < 4.78 is 0. The Balaban J connectivity index is 2.11. The SMILES string of the molecule is CSCN1CCc2ccccc2C1. The molecule has 0 fully saturated rings. The molecule has 0 aliphatic carbocycles. The van der Waals surface area contributed by atoms with Crippen LogP contribution in [0.25, 0.3) is 0 Å². The zero-order valence-corrected chi connectivity index (χ0v) is 8.81. The van der Waals surface area contributed by atoms with Crippen LogP contribution in [-0.4, -0.2) is 23.6 Å². The molecule has 2 rings (SSSR count). The first kappa shape index (κ1) is 9.10. The fourth-order valence-electron chi connectivity index (χ4n) is 1.85. The highest BCUT2D eigenvalue weighted by Gasteiger charge is 2.14. The second-order valence-corrected chi connectivity index (χ2v) is 4.32. The monoisotopic (exact) mass is 193 g/mol. The van der Waals surface area contributed by atoms with Gasteiger partial charge in [-0.2, -0.15) is 0 Å². The molecule has 0 spiro atoms. The summed E-state index contributed by atoms with van der Waals surface area (Å²) in [4.78, 5) is 2.51. The van der Waals surface area contributed by atoms with Gasteiger partial charge < -0.3 is 0 Å². The first-order valence-electron chi connectivity index (χ1n) is 4.68. The van der Waals surface area contributed by atoms with Gasteiger partial charge >= 0.3 is 0 Å². The maximum absolute atomic E-state index is 2.51. The van der Waals surface area contributed by atoms with Crippen molar-refractivity contribution in [1.82, 2.24) is 4.90 Å². The molecule has 1 aromatic rings. The fourth-order valence-corrected chi connectivity index (χ4v) is 2.43. The number of rotatable bonds is 2. The van der Waals surface area contributed by atoms with E-state index in [2.05, 4.69) is 35.4 Å². The van der Waals surface area contributed by atoms with Crippen LogP contribution < -0.4 is 0 Å². The van der Waals surface area contributed by atoms with Gasteiger partial charge in [0.2, 0.25) is 0 Å². The van der Waals surface area contributed by atoms with Gasteiger partial charge in [0.25, 0.3) is 0 Å². The number of fused-ring (bicyclic) bond motifs is 1. The van der Waals surface area contributed by atoms with Crippen LogP contribution in [0, 0.1) is 0 Å². The van der Waals surface area contributed by atoms with Crippen molar-refractivity contribution in [2.45, 2.75) is 13.0 Å². The molecule has 1 aliphatic heterocycles.